The fourth-order valence-electron chi connectivity index (χ4n) is 0.462. The van der Waals surface area contributed by atoms with E-state index in [2.05, 4.69) is 18.8 Å². The van der Waals surface area contributed by atoms with Crippen molar-refractivity contribution in [1.29, 1.82) is 0 Å². The first-order valence-corrected chi connectivity index (χ1v) is 3.44. The molecule has 1 heterocycles. The van der Waals surface area contributed by atoms with Gasteiger partial charge in [-0.05, 0) is 5.92 Å². The Bertz CT molecular complexity index is 195. The molecule has 2 heteroatoms. The summed E-state index contributed by atoms with van der Waals surface area (Å²) in [5.74, 6) is 0.515. The number of aromatic nitrogens is 1. The summed E-state index contributed by atoms with van der Waals surface area (Å²) in [7, 11) is 0. The minimum atomic E-state index is 0.415. The number of thiazole rings is 1. The molecule has 0 bridgehead atoms. The highest BCUT2D eigenvalue weighted by atomic mass is 32.1. The monoisotopic (exact) mass is 128 g/mol. The standard InChI is InChI=1S/C6H9NS/c1-5(2)6-3-7-4-8-6/h3-5H,1-2H3/i4D. The molecule has 0 aliphatic carbocycles. The lowest BCUT2D eigenvalue weighted by molar-refractivity contribution is 0.885. The lowest BCUT2D eigenvalue weighted by atomic mass is 10.2. The summed E-state index contributed by atoms with van der Waals surface area (Å²) in [5, 5.41) is 0. The lowest BCUT2D eigenvalue weighted by Gasteiger charge is -1.94. The summed E-state index contributed by atoms with van der Waals surface area (Å²) in [5.41, 5.74) is 0.415. The molecular formula is C6H9NS. The van der Waals surface area contributed by atoms with Gasteiger partial charge in [-0.15, -0.1) is 11.3 Å². The number of rotatable bonds is 1. The molecule has 0 aliphatic rings. The molecule has 0 unspecified atom stereocenters. The summed E-state index contributed by atoms with van der Waals surface area (Å²) in [6.07, 6.45) is 1.78. The molecule has 44 valence electrons. The van der Waals surface area contributed by atoms with Gasteiger partial charge in [-0.25, -0.2) is 0 Å². The Morgan fingerprint density at radius 2 is 2.62 bits per heavy atom. The zero-order valence-corrected chi connectivity index (χ0v) is 5.83. The average molecular weight is 128 g/mol. The third-order valence-electron chi connectivity index (χ3n) is 0.977. The third-order valence-corrected chi connectivity index (χ3v) is 1.99. The summed E-state index contributed by atoms with van der Waals surface area (Å²) < 4.78 is 7.12. The van der Waals surface area contributed by atoms with E-state index < -0.39 is 0 Å². The first kappa shape index (κ1) is 4.50. The van der Waals surface area contributed by atoms with Gasteiger partial charge >= 0.3 is 0 Å². The number of nitrogens with zero attached hydrogens (tertiary/aromatic N) is 1. The van der Waals surface area contributed by atoms with E-state index in [0.717, 1.165) is 0 Å². The molecule has 0 N–H and O–H groups in total. The lowest BCUT2D eigenvalue weighted by Crippen LogP contribution is -1.77. The van der Waals surface area contributed by atoms with Crippen molar-refractivity contribution < 1.29 is 1.37 Å². The molecule has 1 nitrogen and oxygen atoms in total. The van der Waals surface area contributed by atoms with Crippen molar-refractivity contribution in [3.63, 3.8) is 0 Å². The Kier molecular flexibility index (Phi) is 1.28. The maximum Gasteiger partial charge on any atom is 0.0960 e. The minimum absolute atomic E-state index is 0.415. The van der Waals surface area contributed by atoms with E-state index in [4.69, 9.17) is 1.37 Å². The largest absolute Gasteiger partial charge is 0.253 e. The Balaban J connectivity index is 2.85. The first-order valence-electron chi connectivity index (χ1n) is 3.12. The molecule has 1 aromatic heterocycles. The zero-order valence-electron chi connectivity index (χ0n) is 6.01. The zero-order chi connectivity index (χ0) is 6.85. The molecule has 0 saturated heterocycles. The van der Waals surface area contributed by atoms with E-state index in [9.17, 15) is 0 Å². The fourth-order valence-corrected chi connectivity index (χ4v) is 1.01. The van der Waals surface area contributed by atoms with Crippen LogP contribution in [0.4, 0.5) is 0 Å². The Hall–Kier alpha value is -0.370. The van der Waals surface area contributed by atoms with E-state index in [-0.39, 0.29) is 0 Å². The van der Waals surface area contributed by atoms with Crippen LogP contribution in [-0.2, 0) is 0 Å². The van der Waals surface area contributed by atoms with Crippen LogP contribution in [0.1, 0.15) is 26.0 Å². The van der Waals surface area contributed by atoms with Crippen LogP contribution < -0.4 is 0 Å². The Morgan fingerprint density at radius 1 is 1.88 bits per heavy atom. The van der Waals surface area contributed by atoms with E-state index in [1.54, 1.807) is 6.20 Å². The number of hydrogen-bond donors (Lipinski definition) is 0. The molecule has 0 aromatic carbocycles. The predicted octanol–water partition coefficient (Wildman–Crippen LogP) is 2.27. The topological polar surface area (TPSA) is 12.9 Å². The van der Waals surface area contributed by atoms with Crippen molar-refractivity contribution in [2.45, 2.75) is 19.8 Å². The molecule has 0 saturated carbocycles. The third kappa shape index (κ3) is 1.07. The van der Waals surface area contributed by atoms with Crippen LogP contribution in [0.15, 0.2) is 11.7 Å². The van der Waals surface area contributed by atoms with E-state index in [1.165, 1.54) is 16.2 Å². The van der Waals surface area contributed by atoms with Crippen LogP contribution in [-0.4, -0.2) is 4.98 Å². The Morgan fingerprint density at radius 3 is 2.88 bits per heavy atom. The summed E-state index contributed by atoms with van der Waals surface area (Å²) in [4.78, 5) is 5.02. The van der Waals surface area contributed by atoms with Crippen molar-refractivity contribution in [3.05, 3.63) is 16.6 Å². The highest BCUT2D eigenvalue weighted by Gasteiger charge is 1.96. The molecule has 1 rings (SSSR count). The second kappa shape index (κ2) is 2.27. The molecule has 0 aliphatic heterocycles. The normalized spacial score (nSPS) is 12.1. The average Bonchev–Trinajstić information content (AvgIpc) is 2.14. The second-order valence-corrected chi connectivity index (χ2v) is 2.87. The van der Waals surface area contributed by atoms with Gasteiger partial charge < -0.3 is 0 Å². The van der Waals surface area contributed by atoms with Gasteiger partial charge in [-0.2, -0.15) is 0 Å². The predicted molar refractivity (Wildman–Crippen MR) is 36.2 cm³/mol. The molecule has 0 spiro atoms. The molecule has 0 fully saturated rings. The quantitative estimate of drug-likeness (QED) is 0.565. The van der Waals surface area contributed by atoms with Gasteiger partial charge in [0.2, 0.25) is 0 Å². The van der Waals surface area contributed by atoms with Gasteiger partial charge in [0.1, 0.15) is 0 Å². The van der Waals surface area contributed by atoms with Crippen molar-refractivity contribution in [2.24, 2.45) is 0 Å². The fraction of sp³-hybridized carbons (Fsp3) is 0.500. The van der Waals surface area contributed by atoms with E-state index in [0.29, 0.717) is 11.4 Å². The molecule has 0 amide bonds. The van der Waals surface area contributed by atoms with Gasteiger partial charge in [-0.1, -0.05) is 13.8 Å². The van der Waals surface area contributed by atoms with Gasteiger partial charge in [0.15, 0.2) is 0 Å². The summed E-state index contributed by atoms with van der Waals surface area (Å²) in [6.45, 7) is 4.21. The maximum absolute atomic E-state index is 7.12. The first-order chi connectivity index (χ1) is 4.20. The molecule has 0 radical (unpaired) electrons. The van der Waals surface area contributed by atoms with Crippen molar-refractivity contribution in [3.8, 4) is 0 Å². The molecule has 0 atom stereocenters. The van der Waals surface area contributed by atoms with Crippen molar-refractivity contribution >= 4 is 11.3 Å². The van der Waals surface area contributed by atoms with Crippen LogP contribution in [0, 0.1) is 0 Å². The molecular weight excluding hydrogens is 118 g/mol. The Labute approximate surface area is 54.8 Å². The van der Waals surface area contributed by atoms with Crippen LogP contribution in [0.2, 0.25) is 0 Å². The van der Waals surface area contributed by atoms with Gasteiger partial charge in [-0.3, -0.25) is 4.98 Å². The van der Waals surface area contributed by atoms with Crippen LogP contribution in [0.3, 0.4) is 0 Å². The van der Waals surface area contributed by atoms with Gasteiger partial charge in [0, 0.05) is 11.1 Å². The van der Waals surface area contributed by atoms with Crippen molar-refractivity contribution in [2.75, 3.05) is 0 Å². The van der Waals surface area contributed by atoms with Crippen LogP contribution in [0.5, 0.6) is 0 Å². The summed E-state index contributed by atoms with van der Waals surface area (Å²) in [6, 6.07) is 0. The second-order valence-electron chi connectivity index (χ2n) is 2.01. The summed E-state index contributed by atoms with van der Waals surface area (Å²) >= 11 is 1.45. The van der Waals surface area contributed by atoms with Gasteiger partial charge in [0.05, 0.1) is 6.86 Å². The SMILES string of the molecule is [2H]c1ncc(C(C)C)s1. The van der Waals surface area contributed by atoms with E-state index in [1.807, 2.05) is 0 Å². The van der Waals surface area contributed by atoms with Gasteiger partial charge in [0.25, 0.3) is 0 Å². The van der Waals surface area contributed by atoms with Crippen molar-refractivity contribution in [1.82, 2.24) is 4.98 Å². The van der Waals surface area contributed by atoms with E-state index >= 15 is 0 Å². The maximum atomic E-state index is 7.12. The highest BCUT2D eigenvalue weighted by molar-refractivity contribution is 7.09. The minimum Gasteiger partial charge on any atom is -0.253 e. The molecule has 1 aromatic rings. The van der Waals surface area contributed by atoms with Crippen LogP contribution >= 0.6 is 11.3 Å². The number of hydrogen-bond acceptors (Lipinski definition) is 2. The highest BCUT2D eigenvalue weighted by Crippen LogP contribution is 2.16. The smallest absolute Gasteiger partial charge is 0.0960 e. The van der Waals surface area contributed by atoms with Crippen LogP contribution in [0.25, 0.3) is 0 Å². The molecule has 8 heavy (non-hydrogen) atoms.